The van der Waals surface area contributed by atoms with Crippen molar-refractivity contribution in [2.75, 3.05) is 13.1 Å². The predicted octanol–water partition coefficient (Wildman–Crippen LogP) is 3.55. The summed E-state index contributed by atoms with van der Waals surface area (Å²) < 4.78 is 41.5. The molecule has 0 N–H and O–H groups in total. The predicted molar refractivity (Wildman–Crippen MR) is 92.9 cm³/mol. The molecule has 1 aliphatic heterocycles. The van der Waals surface area contributed by atoms with E-state index in [1.54, 1.807) is 22.6 Å². The molecule has 0 aromatic carbocycles. The zero-order valence-corrected chi connectivity index (χ0v) is 15.3. The Labute approximate surface area is 150 Å². The number of aromatic nitrogens is 2. The lowest BCUT2D eigenvalue weighted by Crippen LogP contribution is -2.34. The highest BCUT2D eigenvalue weighted by Crippen LogP contribution is 2.32. The zero-order chi connectivity index (χ0) is 17.5. The van der Waals surface area contributed by atoms with Crippen molar-refractivity contribution in [3.05, 3.63) is 43.5 Å². The molecule has 0 aliphatic carbocycles. The molecule has 3 rings (SSSR count). The molecule has 1 fully saturated rings. The molecule has 1 atom stereocenters. The highest BCUT2D eigenvalue weighted by atomic mass is 127. The Kier molecular flexibility index (Phi) is 4.87. The molecule has 0 bridgehead atoms. The summed E-state index contributed by atoms with van der Waals surface area (Å²) in [5.41, 5.74) is -1.20. The largest absolute Gasteiger partial charge is 0.419 e. The smallest absolute Gasteiger partial charge is 0.299 e. The van der Waals surface area contributed by atoms with Crippen molar-refractivity contribution in [2.24, 2.45) is 5.92 Å². The molecule has 1 saturated heterocycles. The number of halogens is 4. The van der Waals surface area contributed by atoms with Gasteiger partial charge in [0.25, 0.3) is 5.56 Å². The summed E-state index contributed by atoms with van der Waals surface area (Å²) in [6.07, 6.45) is 0.299. The van der Waals surface area contributed by atoms with Crippen LogP contribution in [0.5, 0.6) is 0 Å². The second-order valence-electron chi connectivity index (χ2n) is 6.35. The maximum Gasteiger partial charge on any atom is 0.419 e. The van der Waals surface area contributed by atoms with Gasteiger partial charge in [0, 0.05) is 25.5 Å². The highest BCUT2D eigenvalue weighted by molar-refractivity contribution is 14.1. The summed E-state index contributed by atoms with van der Waals surface area (Å²) in [5, 5.41) is 0. The molecule has 0 saturated carbocycles. The average Bonchev–Trinajstić information content (AvgIpc) is 2.50. The number of hydrogen-bond acceptors (Lipinski definition) is 3. The Balaban J connectivity index is 2.08. The van der Waals surface area contributed by atoms with E-state index in [9.17, 15) is 18.0 Å². The third kappa shape index (κ3) is 3.58. The molecule has 130 valence electrons. The summed E-state index contributed by atoms with van der Waals surface area (Å²) in [7, 11) is 0. The number of hydrogen-bond donors (Lipinski definition) is 0. The lowest BCUT2D eigenvalue weighted by Gasteiger charge is -2.31. The minimum Gasteiger partial charge on any atom is -0.299 e. The number of fused-ring (bicyclic) bond motifs is 1. The van der Waals surface area contributed by atoms with Crippen molar-refractivity contribution in [3.8, 4) is 0 Å². The second-order valence-corrected chi connectivity index (χ2v) is 7.51. The minimum atomic E-state index is -4.55. The SMILES string of the molecule is C[C@H]1CCCN(Cc2cc(C(F)(F)F)c3ncc(I)c(=O)n3c2)C1. The van der Waals surface area contributed by atoms with Gasteiger partial charge in [0.15, 0.2) is 5.65 Å². The van der Waals surface area contributed by atoms with E-state index < -0.39 is 17.3 Å². The highest BCUT2D eigenvalue weighted by Gasteiger charge is 2.34. The molecule has 0 spiro atoms. The maximum atomic E-state index is 13.4. The molecule has 0 amide bonds. The van der Waals surface area contributed by atoms with Gasteiger partial charge in [-0.15, -0.1) is 0 Å². The summed E-state index contributed by atoms with van der Waals surface area (Å²) >= 11 is 1.79. The Hall–Kier alpha value is -1.16. The molecule has 2 aromatic heterocycles. The van der Waals surface area contributed by atoms with Crippen LogP contribution >= 0.6 is 22.6 Å². The van der Waals surface area contributed by atoms with Gasteiger partial charge >= 0.3 is 6.18 Å². The Morgan fingerprint density at radius 3 is 2.83 bits per heavy atom. The fourth-order valence-electron chi connectivity index (χ4n) is 3.20. The first-order valence-electron chi connectivity index (χ1n) is 7.75. The van der Waals surface area contributed by atoms with Crippen LogP contribution in [0.15, 0.2) is 23.3 Å². The fraction of sp³-hybridized carbons (Fsp3) is 0.500. The molecule has 2 aromatic rings. The van der Waals surface area contributed by atoms with Crippen LogP contribution in [-0.2, 0) is 12.7 Å². The van der Waals surface area contributed by atoms with Gasteiger partial charge in [0.2, 0.25) is 0 Å². The van der Waals surface area contributed by atoms with Crippen LogP contribution in [0.1, 0.15) is 30.9 Å². The summed E-state index contributed by atoms with van der Waals surface area (Å²) in [5.74, 6) is 0.534. The van der Waals surface area contributed by atoms with Gasteiger partial charge in [-0.25, -0.2) is 4.98 Å². The Bertz CT molecular complexity index is 819. The van der Waals surface area contributed by atoms with Gasteiger partial charge in [-0.05, 0) is 59.5 Å². The number of pyridine rings is 1. The lowest BCUT2D eigenvalue weighted by molar-refractivity contribution is -0.136. The molecule has 3 heterocycles. The van der Waals surface area contributed by atoms with Crippen LogP contribution in [0.25, 0.3) is 5.65 Å². The minimum absolute atomic E-state index is 0.293. The van der Waals surface area contributed by atoms with Crippen molar-refractivity contribution in [1.82, 2.24) is 14.3 Å². The number of rotatable bonds is 2. The van der Waals surface area contributed by atoms with Crippen molar-refractivity contribution >= 4 is 28.2 Å². The van der Waals surface area contributed by atoms with Crippen LogP contribution in [0.3, 0.4) is 0 Å². The van der Waals surface area contributed by atoms with Gasteiger partial charge in [-0.1, -0.05) is 6.92 Å². The molecular formula is C16H17F3IN3O. The fourth-order valence-corrected chi connectivity index (χ4v) is 3.60. The van der Waals surface area contributed by atoms with E-state index in [-0.39, 0.29) is 5.65 Å². The van der Waals surface area contributed by atoms with E-state index in [1.807, 2.05) is 0 Å². The first-order valence-corrected chi connectivity index (χ1v) is 8.83. The summed E-state index contributed by atoms with van der Waals surface area (Å²) in [6, 6.07) is 1.12. The third-order valence-electron chi connectivity index (χ3n) is 4.27. The van der Waals surface area contributed by atoms with Crippen molar-refractivity contribution in [2.45, 2.75) is 32.5 Å². The van der Waals surface area contributed by atoms with E-state index >= 15 is 0 Å². The first kappa shape index (κ1) is 17.7. The molecule has 24 heavy (non-hydrogen) atoms. The number of alkyl halides is 3. The van der Waals surface area contributed by atoms with Crippen molar-refractivity contribution in [3.63, 3.8) is 0 Å². The van der Waals surface area contributed by atoms with Crippen LogP contribution < -0.4 is 5.56 Å². The van der Waals surface area contributed by atoms with Crippen LogP contribution in [0.2, 0.25) is 0 Å². The number of nitrogens with zero attached hydrogens (tertiary/aromatic N) is 3. The number of piperidine rings is 1. The van der Waals surface area contributed by atoms with E-state index in [1.165, 1.54) is 12.4 Å². The molecular weight excluding hydrogens is 434 g/mol. The maximum absolute atomic E-state index is 13.4. The quantitative estimate of drug-likeness (QED) is 0.656. The standard InChI is InChI=1S/C16H17F3IN3O/c1-10-3-2-4-22(7-10)8-11-5-12(16(17,18)19)14-21-6-13(20)15(24)23(14)9-11/h5-6,9-10H,2-4,7-8H2,1H3/t10-/m0/s1. The summed E-state index contributed by atoms with van der Waals surface area (Å²) in [6.45, 7) is 4.27. The van der Waals surface area contributed by atoms with Gasteiger partial charge in [0.1, 0.15) is 0 Å². The first-order chi connectivity index (χ1) is 11.3. The van der Waals surface area contributed by atoms with E-state index in [4.69, 9.17) is 0 Å². The van der Waals surface area contributed by atoms with Gasteiger partial charge in [0.05, 0.1) is 9.13 Å². The van der Waals surface area contributed by atoms with Gasteiger partial charge in [-0.3, -0.25) is 14.1 Å². The van der Waals surface area contributed by atoms with Gasteiger partial charge in [-0.2, -0.15) is 13.2 Å². The van der Waals surface area contributed by atoms with Crippen LogP contribution in [0.4, 0.5) is 13.2 Å². The molecule has 0 unspecified atom stereocenters. The Morgan fingerprint density at radius 1 is 1.42 bits per heavy atom. The van der Waals surface area contributed by atoms with Crippen LogP contribution in [-0.4, -0.2) is 27.4 Å². The van der Waals surface area contributed by atoms with E-state index in [0.29, 0.717) is 21.6 Å². The second kappa shape index (κ2) is 6.62. The van der Waals surface area contributed by atoms with Gasteiger partial charge < -0.3 is 0 Å². The Morgan fingerprint density at radius 2 is 2.17 bits per heavy atom. The van der Waals surface area contributed by atoms with Crippen molar-refractivity contribution in [1.29, 1.82) is 0 Å². The zero-order valence-electron chi connectivity index (χ0n) is 13.1. The monoisotopic (exact) mass is 451 g/mol. The topological polar surface area (TPSA) is 37.6 Å². The molecule has 4 nitrogen and oxygen atoms in total. The van der Waals surface area contributed by atoms with Crippen molar-refractivity contribution < 1.29 is 13.2 Å². The average molecular weight is 451 g/mol. The third-order valence-corrected chi connectivity index (χ3v) is 5.01. The molecule has 0 radical (unpaired) electrons. The van der Waals surface area contributed by atoms with E-state index in [0.717, 1.165) is 36.4 Å². The van der Waals surface area contributed by atoms with E-state index in [2.05, 4.69) is 16.8 Å². The molecule has 1 aliphatic rings. The van der Waals surface area contributed by atoms with Crippen LogP contribution in [0, 0.1) is 9.49 Å². The molecule has 8 heteroatoms. The number of likely N-dealkylation sites (tertiary alicyclic amines) is 1. The summed E-state index contributed by atoms with van der Waals surface area (Å²) in [4.78, 5) is 18.2. The normalized spacial score (nSPS) is 19.8. The lowest BCUT2D eigenvalue weighted by atomic mass is 10.00.